The predicted molar refractivity (Wildman–Crippen MR) is 282 cm³/mol. The smallest absolute Gasteiger partial charge is 0.228 e. The largest absolute Gasteiger partial charge is 0.438 e. The maximum atomic E-state index is 6.97. The number of nitrogens with zero attached hydrogens (tertiary/aromatic N) is 3. The molecule has 8 bridgehead atoms. The van der Waals surface area contributed by atoms with Gasteiger partial charge in [-0.25, -0.2) is 9.97 Å². The SMILES string of the molecule is c1cc2cc(c1)CCc1cc(c3c4c5c(ncc4n4c6cnc7oc8cc9c(cc8c7c6c1c34)C1c3ccccc3C9c3ccccc31)oc1cc3c(cc15)C1c4ccccc4C3c3ccccc31)CC2. The van der Waals surface area contributed by atoms with Crippen molar-refractivity contribution in [2.75, 3.05) is 0 Å². The van der Waals surface area contributed by atoms with E-state index in [1.54, 1.807) is 0 Å². The van der Waals surface area contributed by atoms with E-state index in [1.807, 2.05) is 0 Å². The van der Waals surface area contributed by atoms with E-state index >= 15 is 0 Å². The zero-order valence-electron chi connectivity index (χ0n) is 38.4. The molecule has 8 aromatic carbocycles. The molecule has 0 unspecified atom stereocenters. The number of aromatic nitrogens is 3. The van der Waals surface area contributed by atoms with Crippen molar-refractivity contribution in [3.05, 3.63) is 253 Å². The lowest BCUT2D eigenvalue weighted by molar-refractivity contribution is 0.651. The molecule has 21 rings (SSSR count). The van der Waals surface area contributed by atoms with Gasteiger partial charge in [-0.05, 0) is 139 Å². The van der Waals surface area contributed by atoms with Crippen LogP contribution < -0.4 is 0 Å². The molecule has 14 aromatic rings. The van der Waals surface area contributed by atoms with Gasteiger partial charge in [-0.3, -0.25) is 0 Å². The highest BCUT2D eigenvalue weighted by Gasteiger charge is 2.44. The Morgan fingerprint density at radius 1 is 0.352 bits per heavy atom. The Hall–Kier alpha value is -8.54. The summed E-state index contributed by atoms with van der Waals surface area (Å²) in [6.07, 6.45) is 7.95. The normalized spacial score (nSPS) is 19.0. The molecule has 0 saturated carbocycles. The van der Waals surface area contributed by atoms with Crippen LogP contribution in [0.5, 0.6) is 0 Å². The summed E-state index contributed by atoms with van der Waals surface area (Å²) in [6, 6.07) is 57.9. The van der Waals surface area contributed by atoms with E-state index in [2.05, 4.69) is 168 Å². The van der Waals surface area contributed by atoms with Gasteiger partial charge < -0.3 is 13.2 Å². The van der Waals surface area contributed by atoms with Crippen LogP contribution in [-0.2, 0) is 25.7 Å². The number of rotatable bonds is 0. The summed E-state index contributed by atoms with van der Waals surface area (Å²) in [5.41, 5.74) is 29.0. The zero-order chi connectivity index (χ0) is 45.5. The third-order valence-electron chi connectivity index (χ3n) is 18.1. The van der Waals surface area contributed by atoms with Crippen LogP contribution in [0.1, 0.15) is 113 Å². The summed E-state index contributed by atoms with van der Waals surface area (Å²) < 4.78 is 16.5. The van der Waals surface area contributed by atoms with Gasteiger partial charge in [-0.15, -0.1) is 0 Å². The molecule has 0 N–H and O–H groups in total. The standard InChI is InChI=1S/C66H39N3O2/c1-5-16-40-36(12-1)56-37-13-2-6-17-41(37)58(40)46-28-52-48(26-44(46)56)60-62-50(30-67-65(60)70-52)69-51-31-68-66-61(63(51)55-35-23-21-33-11-9-10-32(24-33)20-22-34(25-35)54(62)64(55)69)49-27-45-47(29-53(49)71-66)59-42-18-7-3-14-38(42)57(45)39-15-4-8-19-43(39)59/h1-19,24-31,56-59H,20-23H2. The van der Waals surface area contributed by atoms with Crippen molar-refractivity contribution in [3.8, 4) is 0 Å². The third-order valence-corrected chi connectivity index (χ3v) is 18.1. The van der Waals surface area contributed by atoms with Gasteiger partial charge in [0.2, 0.25) is 11.4 Å². The molecule has 5 heteroatoms. The van der Waals surface area contributed by atoms with Crippen LogP contribution in [0, 0.1) is 0 Å². The molecule has 0 aliphatic heterocycles. The molecule has 0 spiro atoms. The predicted octanol–water partition coefficient (Wildman–Crippen LogP) is 15.3. The molecular formula is C66H39N3O2. The molecule has 0 fully saturated rings. The van der Waals surface area contributed by atoms with E-state index in [0.717, 1.165) is 69.4 Å². The Labute approximate surface area is 406 Å². The van der Waals surface area contributed by atoms with Crippen LogP contribution in [0.2, 0.25) is 0 Å². The molecule has 7 aliphatic carbocycles. The van der Waals surface area contributed by atoms with Crippen molar-refractivity contribution < 1.29 is 8.83 Å². The molecule has 6 aromatic heterocycles. The van der Waals surface area contributed by atoms with Gasteiger partial charge in [0.25, 0.3) is 0 Å². The van der Waals surface area contributed by atoms with Crippen LogP contribution in [-0.4, -0.2) is 14.4 Å². The number of aryl methyl sites for hydroxylation is 4. The van der Waals surface area contributed by atoms with Crippen LogP contribution in [0.15, 0.2) is 173 Å². The average molecular weight is 906 g/mol. The molecule has 6 heterocycles. The van der Waals surface area contributed by atoms with E-state index < -0.39 is 0 Å². The summed E-state index contributed by atoms with van der Waals surface area (Å²) in [7, 11) is 0. The van der Waals surface area contributed by atoms with Crippen molar-refractivity contribution in [1.82, 2.24) is 14.4 Å². The van der Waals surface area contributed by atoms with E-state index in [0.29, 0.717) is 11.4 Å². The molecular weight excluding hydrogens is 867 g/mol. The minimum atomic E-state index is 0.158. The van der Waals surface area contributed by atoms with Crippen molar-refractivity contribution in [3.63, 3.8) is 0 Å². The maximum Gasteiger partial charge on any atom is 0.228 e. The molecule has 0 atom stereocenters. The van der Waals surface area contributed by atoms with Gasteiger partial charge in [0.15, 0.2) is 0 Å². The topological polar surface area (TPSA) is 56.5 Å². The van der Waals surface area contributed by atoms with Crippen molar-refractivity contribution in [2.45, 2.75) is 49.4 Å². The highest BCUT2D eigenvalue weighted by atomic mass is 16.3. The average Bonchev–Trinajstić information content (AvgIpc) is 4.19. The van der Waals surface area contributed by atoms with E-state index in [4.69, 9.17) is 18.8 Å². The maximum absolute atomic E-state index is 6.97. The Kier molecular flexibility index (Phi) is 6.38. The fourth-order valence-corrected chi connectivity index (χ4v) is 15.4. The van der Waals surface area contributed by atoms with Gasteiger partial charge in [0.05, 0.1) is 39.7 Å². The van der Waals surface area contributed by atoms with Crippen molar-refractivity contribution >= 4 is 82.2 Å². The quantitative estimate of drug-likeness (QED) is 0.152. The van der Waals surface area contributed by atoms with E-state index in [-0.39, 0.29) is 23.7 Å². The molecule has 330 valence electrons. The number of benzene rings is 8. The second-order valence-corrected chi connectivity index (χ2v) is 21.3. The summed E-state index contributed by atoms with van der Waals surface area (Å²) >= 11 is 0. The lowest BCUT2D eigenvalue weighted by Crippen LogP contribution is -2.27. The Bertz CT molecular complexity index is 4420. The van der Waals surface area contributed by atoms with Crippen LogP contribution in [0.3, 0.4) is 0 Å². The molecule has 5 nitrogen and oxygen atoms in total. The lowest BCUT2D eigenvalue weighted by Gasteiger charge is -2.42. The van der Waals surface area contributed by atoms with Gasteiger partial charge in [0, 0.05) is 56.0 Å². The zero-order valence-corrected chi connectivity index (χ0v) is 38.4. The molecule has 71 heavy (non-hydrogen) atoms. The minimum Gasteiger partial charge on any atom is -0.438 e. The first-order valence-electron chi connectivity index (χ1n) is 25.4. The number of hydrogen-bond acceptors (Lipinski definition) is 4. The first-order chi connectivity index (χ1) is 35.2. The Balaban J connectivity index is 0.928. The highest BCUT2D eigenvalue weighted by molar-refractivity contribution is 6.36. The summed E-state index contributed by atoms with van der Waals surface area (Å²) in [5, 5.41) is 9.56. The molecule has 0 saturated heterocycles. The second-order valence-electron chi connectivity index (χ2n) is 21.3. The monoisotopic (exact) mass is 905 g/mol. The molecule has 0 radical (unpaired) electrons. The number of hydrogen-bond donors (Lipinski definition) is 0. The molecule has 7 aliphatic rings. The van der Waals surface area contributed by atoms with E-state index in [9.17, 15) is 0 Å². The first-order valence-corrected chi connectivity index (χ1v) is 25.4. The lowest BCUT2D eigenvalue weighted by atomic mass is 9.61. The summed E-state index contributed by atoms with van der Waals surface area (Å²) in [6.45, 7) is 0. The second kappa shape index (κ2) is 12.4. The Morgan fingerprint density at radius 3 is 1.13 bits per heavy atom. The van der Waals surface area contributed by atoms with E-state index in [1.165, 1.54) is 116 Å². The highest BCUT2D eigenvalue weighted by Crippen LogP contribution is 2.59. The van der Waals surface area contributed by atoms with Gasteiger partial charge >= 0.3 is 0 Å². The summed E-state index contributed by atoms with van der Waals surface area (Å²) in [4.78, 5) is 10.5. The number of pyridine rings is 2. The number of fused-ring (bicyclic) bond motifs is 20. The van der Waals surface area contributed by atoms with Crippen LogP contribution >= 0.6 is 0 Å². The molecule has 0 amide bonds. The third kappa shape index (κ3) is 4.27. The Morgan fingerprint density at radius 2 is 0.732 bits per heavy atom. The minimum absolute atomic E-state index is 0.158. The van der Waals surface area contributed by atoms with Crippen molar-refractivity contribution in [2.24, 2.45) is 0 Å². The van der Waals surface area contributed by atoms with Crippen molar-refractivity contribution in [1.29, 1.82) is 0 Å². The van der Waals surface area contributed by atoms with Gasteiger partial charge in [0.1, 0.15) is 11.2 Å². The van der Waals surface area contributed by atoms with Gasteiger partial charge in [-0.2, -0.15) is 0 Å². The fraction of sp³-hybridized carbons (Fsp3) is 0.121. The first kappa shape index (κ1) is 36.4. The van der Waals surface area contributed by atoms with Crippen LogP contribution in [0.25, 0.3) is 82.2 Å². The number of furan rings is 2. The summed E-state index contributed by atoms with van der Waals surface area (Å²) in [5.74, 6) is 0.644. The fourth-order valence-electron chi connectivity index (χ4n) is 15.4. The van der Waals surface area contributed by atoms with Gasteiger partial charge in [-0.1, -0.05) is 127 Å². The van der Waals surface area contributed by atoms with Crippen LogP contribution in [0.4, 0.5) is 0 Å².